The number of rotatable bonds is 2. The zero-order valence-corrected chi connectivity index (χ0v) is 11.4. The van der Waals surface area contributed by atoms with Crippen molar-refractivity contribution in [2.45, 2.75) is 0 Å². The van der Waals surface area contributed by atoms with E-state index < -0.39 is 0 Å². The number of imidazole rings is 1. The molecule has 0 radical (unpaired) electrons. The summed E-state index contributed by atoms with van der Waals surface area (Å²) in [5.74, 6) is 0.195. The van der Waals surface area contributed by atoms with Gasteiger partial charge in [-0.05, 0) is 46.3 Å². The van der Waals surface area contributed by atoms with Crippen molar-refractivity contribution in [1.82, 2.24) is 9.97 Å². The van der Waals surface area contributed by atoms with Gasteiger partial charge >= 0.3 is 0 Å². The van der Waals surface area contributed by atoms with Crippen molar-refractivity contribution in [1.29, 1.82) is 0 Å². The fraction of sp³-hybridized carbons (Fsp3) is 0. The molecule has 0 amide bonds. The van der Waals surface area contributed by atoms with Crippen LogP contribution in [-0.4, -0.2) is 21.3 Å². The SMILES string of the molecule is Oc1cccc(Br)c1C=Nc1ccc2nc[nH]c2c1. The third-order valence-electron chi connectivity index (χ3n) is 2.78. The Kier molecular flexibility index (Phi) is 3.05. The number of aromatic amines is 1. The van der Waals surface area contributed by atoms with Gasteiger partial charge in [0.15, 0.2) is 0 Å². The first-order valence-corrected chi connectivity index (χ1v) is 6.48. The van der Waals surface area contributed by atoms with Gasteiger partial charge in [0.2, 0.25) is 0 Å². The van der Waals surface area contributed by atoms with E-state index in [4.69, 9.17) is 0 Å². The predicted octanol–water partition coefficient (Wildman–Crippen LogP) is 3.78. The van der Waals surface area contributed by atoms with Crippen molar-refractivity contribution >= 4 is 38.9 Å². The second-order valence-electron chi connectivity index (χ2n) is 4.03. The van der Waals surface area contributed by atoms with E-state index in [0.717, 1.165) is 21.2 Å². The number of nitrogens with one attached hydrogen (secondary N) is 1. The summed E-state index contributed by atoms with van der Waals surface area (Å²) in [7, 11) is 0. The van der Waals surface area contributed by atoms with Gasteiger partial charge in [-0.2, -0.15) is 0 Å². The Morgan fingerprint density at radius 1 is 1.26 bits per heavy atom. The first-order valence-electron chi connectivity index (χ1n) is 5.69. The minimum absolute atomic E-state index is 0.195. The molecule has 0 aliphatic heterocycles. The van der Waals surface area contributed by atoms with E-state index in [-0.39, 0.29) is 5.75 Å². The molecule has 2 aromatic carbocycles. The van der Waals surface area contributed by atoms with Gasteiger partial charge in [0, 0.05) is 16.3 Å². The van der Waals surface area contributed by atoms with Crippen LogP contribution < -0.4 is 0 Å². The zero-order valence-electron chi connectivity index (χ0n) is 9.84. The molecular formula is C14H10BrN3O. The standard InChI is InChI=1S/C14H10BrN3O/c15-11-2-1-3-14(19)10(11)7-16-9-4-5-12-13(6-9)18-8-17-12/h1-8,19H,(H,17,18). The number of nitrogens with zero attached hydrogens (tertiary/aromatic N) is 2. The normalized spacial score (nSPS) is 11.4. The van der Waals surface area contributed by atoms with Gasteiger partial charge in [-0.15, -0.1) is 0 Å². The van der Waals surface area contributed by atoms with Gasteiger partial charge in [0.05, 0.1) is 23.0 Å². The first kappa shape index (κ1) is 11.9. The van der Waals surface area contributed by atoms with Crippen LogP contribution in [0.2, 0.25) is 0 Å². The van der Waals surface area contributed by atoms with Crippen LogP contribution in [0.15, 0.2) is 52.2 Å². The van der Waals surface area contributed by atoms with E-state index in [2.05, 4.69) is 30.9 Å². The Labute approximate surface area is 118 Å². The Bertz CT molecular complexity index is 744. The number of phenols is 1. The second kappa shape index (κ2) is 4.85. The van der Waals surface area contributed by atoms with Crippen LogP contribution in [0.4, 0.5) is 5.69 Å². The number of aromatic hydroxyl groups is 1. The number of phenolic OH excluding ortho intramolecular Hbond substituents is 1. The Morgan fingerprint density at radius 2 is 2.16 bits per heavy atom. The third-order valence-corrected chi connectivity index (χ3v) is 3.47. The van der Waals surface area contributed by atoms with Gasteiger partial charge < -0.3 is 10.1 Å². The smallest absolute Gasteiger partial charge is 0.125 e. The molecule has 94 valence electrons. The summed E-state index contributed by atoms with van der Waals surface area (Å²) >= 11 is 3.39. The zero-order chi connectivity index (χ0) is 13.2. The number of benzene rings is 2. The molecule has 3 rings (SSSR count). The minimum atomic E-state index is 0.195. The Balaban J connectivity index is 1.97. The summed E-state index contributed by atoms with van der Waals surface area (Å²) in [5.41, 5.74) is 3.30. The molecule has 0 fully saturated rings. The van der Waals surface area contributed by atoms with Crippen LogP contribution in [0.3, 0.4) is 0 Å². The highest BCUT2D eigenvalue weighted by molar-refractivity contribution is 9.10. The van der Waals surface area contributed by atoms with E-state index in [1.54, 1.807) is 24.7 Å². The van der Waals surface area contributed by atoms with E-state index in [1.807, 2.05) is 24.3 Å². The maximum atomic E-state index is 9.77. The molecule has 3 aromatic rings. The minimum Gasteiger partial charge on any atom is -0.507 e. The average Bonchev–Trinajstić information content (AvgIpc) is 2.85. The quantitative estimate of drug-likeness (QED) is 0.707. The van der Waals surface area contributed by atoms with Crippen molar-refractivity contribution in [3.63, 3.8) is 0 Å². The van der Waals surface area contributed by atoms with Crippen molar-refractivity contribution in [2.75, 3.05) is 0 Å². The molecule has 0 atom stereocenters. The van der Waals surface area contributed by atoms with Crippen LogP contribution in [0.25, 0.3) is 11.0 Å². The topological polar surface area (TPSA) is 61.3 Å². The van der Waals surface area contributed by atoms with Crippen molar-refractivity contribution in [3.8, 4) is 5.75 Å². The molecule has 0 saturated carbocycles. The van der Waals surface area contributed by atoms with E-state index >= 15 is 0 Å². The lowest BCUT2D eigenvalue weighted by molar-refractivity contribution is 0.474. The molecule has 2 N–H and O–H groups in total. The highest BCUT2D eigenvalue weighted by Crippen LogP contribution is 2.25. The number of aliphatic imine (C=N–C) groups is 1. The van der Waals surface area contributed by atoms with Crippen molar-refractivity contribution in [3.05, 3.63) is 52.8 Å². The monoisotopic (exact) mass is 315 g/mol. The van der Waals surface area contributed by atoms with Gasteiger partial charge in [-0.1, -0.05) is 6.07 Å². The maximum Gasteiger partial charge on any atom is 0.125 e. The number of H-pyrrole nitrogens is 1. The predicted molar refractivity (Wildman–Crippen MR) is 79.2 cm³/mol. The van der Waals surface area contributed by atoms with E-state index in [9.17, 15) is 5.11 Å². The lowest BCUT2D eigenvalue weighted by atomic mass is 10.2. The maximum absolute atomic E-state index is 9.77. The van der Waals surface area contributed by atoms with Gasteiger partial charge in [0.1, 0.15) is 5.75 Å². The van der Waals surface area contributed by atoms with Crippen LogP contribution in [0, 0.1) is 0 Å². The van der Waals surface area contributed by atoms with Crippen LogP contribution in [-0.2, 0) is 0 Å². The van der Waals surface area contributed by atoms with Gasteiger partial charge in [-0.25, -0.2) is 4.98 Å². The largest absolute Gasteiger partial charge is 0.507 e. The molecule has 0 aliphatic carbocycles. The fourth-order valence-corrected chi connectivity index (χ4v) is 2.25. The highest BCUT2D eigenvalue weighted by Gasteiger charge is 2.02. The summed E-state index contributed by atoms with van der Waals surface area (Å²) in [5, 5.41) is 9.77. The van der Waals surface area contributed by atoms with Crippen LogP contribution in [0.5, 0.6) is 5.75 Å². The summed E-state index contributed by atoms with van der Waals surface area (Å²) in [6.07, 6.45) is 3.29. The molecule has 0 aliphatic rings. The first-order chi connectivity index (χ1) is 9.24. The molecule has 0 spiro atoms. The number of fused-ring (bicyclic) bond motifs is 1. The van der Waals surface area contributed by atoms with Crippen molar-refractivity contribution < 1.29 is 5.11 Å². The van der Waals surface area contributed by atoms with E-state index in [0.29, 0.717) is 5.56 Å². The molecule has 1 heterocycles. The number of hydrogen-bond acceptors (Lipinski definition) is 3. The number of hydrogen-bond donors (Lipinski definition) is 2. The van der Waals surface area contributed by atoms with Gasteiger partial charge in [-0.3, -0.25) is 4.99 Å². The molecular weight excluding hydrogens is 306 g/mol. The molecule has 4 nitrogen and oxygen atoms in total. The Hall–Kier alpha value is -2.14. The Morgan fingerprint density at radius 3 is 3.00 bits per heavy atom. The molecule has 0 unspecified atom stereocenters. The lowest BCUT2D eigenvalue weighted by Crippen LogP contribution is -1.84. The second-order valence-corrected chi connectivity index (χ2v) is 4.89. The summed E-state index contributed by atoms with van der Waals surface area (Å²) in [6, 6.07) is 11.0. The van der Waals surface area contributed by atoms with E-state index in [1.165, 1.54) is 0 Å². The lowest BCUT2D eigenvalue weighted by Gasteiger charge is -2.01. The van der Waals surface area contributed by atoms with Gasteiger partial charge in [0.25, 0.3) is 0 Å². The molecule has 0 bridgehead atoms. The number of aromatic nitrogens is 2. The molecule has 0 saturated heterocycles. The van der Waals surface area contributed by atoms with Crippen molar-refractivity contribution in [2.24, 2.45) is 4.99 Å². The summed E-state index contributed by atoms with van der Waals surface area (Å²) in [6.45, 7) is 0. The average molecular weight is 316 g/mol. The van der Waals surface area contributed by atoms with Crippen LogP contribution in [0.1, 0.15) is 5.56 Å². The third kappa shape index (κ3) is 2.37. The number of halogens is 1. The molecule has 5 heteroatoms. The molecule has 19 heavy (non-hydrogen) atoms. The summed E-state index contributed by atoms with van der Waals surface area (Å²) in [4.78, 5) is 11.6. The fourth-order valence-electron chi connectivity index (χ4n) is 1.80. The highest BCUT2D eigenvalue weighted by atomic mass is 79.9. The summed E-state index contributed by atoms with van der Waals surface area (Å²) < 4.78 is 0.805. The van der Waals surface area contributed by atoms with Crippen LogP contribution >= 0.6 is 15.9 Å². The molecule has 1 aromatic heterocycles.